The highest BCUT2D eigenvalue weighted by molar-refractivity contribution is 5.83. The molecule has 0 aromatic heterocycles. The van der Waals surface area contributed by atoms with Crippen LogP contribution in [0.25, 0.3) is 0 Å². The average molecular weight is 272 g/mol. The number of anilines is 2. The van der Waals surface area contributed by atoms with Crippen molar-refractivity contribution < 1.29 is 14.8 Å². The number of hydrogen-bond acceptors (Lipinski definition) is 5. The Morgan fingerprint density at radius 1 is 1.15 bits per heavy atom. The topological polar surface area (TPSA) is 75.8 Å². The number of β-amino-alcohol motifs (C(OH)–C–C–N with tert-alkyl or cyclic N) is 1. The molecule has 6 nitrogen and oxygen atoms in total. The van der Waals surface area contributed by atoms with Crippen LogP contribution in [0, 0.1) is 10.1 Å². The van der Waals surface area contributed by atoms with Gasteiger partial charge in [0.15, 0.2) is 17.2 Å². The molecule has 0 saturated carbocycles. The predicted molar refractivity (Wildman–Crippen MR) is 73.7 cm³/mol. The van der Waals surface area contributed by atoms with Gasteiger partial charge in [-0.3, -0.25) is 10.1 Å². The number of ether oxygens (including phenoxy) is 1. The molecule has 20 heavy (non-hydrogen) atoms. The molecule has 0 fully saturated rings. The van der Waals surface area contributed by atoms with E-state index >= 15 is 0 Å². The number of nitrogens with zero attached hydrogens (tertiary/aromatic N) is 2. The summed E-state index contributed by atoms with van der Waals surface area (Å²) in [6.45, 7) is 0.151. The van der Waals surface area contributed by atoms with E-state index in [-0.39, 0.29) is 18.8 Å². The number of nitro groups is 1. The molecule has 0 saturated heterocycles. The third kappa shape index (κ3) is 1.86. The number of hydrogen-bond donors (Lipinski definition) is 1. The Kier molecular flexibility index (Phi) is 3.00. The van der Waals surface area contributed by atoms with Crippen LogP contribution in [-0.4, -0.2) is 23.2 Å². The number of fused-ring (bicyclic) bond motifs is 2. The minimum absolute atomic E-state index is 0.0366. The second kappa shape index (κ2) is 4.82. The molecule has 2 aromatic carbocycles. The number of rotatable bonds is 3. The van der Waals surface area contributed by atoms with Gasteiger partial charge in [-0.1, -0.05) is 18.2 Å². The number of aliphatic hydroxyl groups excluding tert-OH is 1. The van der Waals surface area contributed by atoms with Gasteiger partial charge in [-0.2, -0.15) is 0 Å². The van der Waals surface area contributed by atoms with Crippen molar-refractivity contribution in [2.45, 2.75) is 0 Å². The van der Waals surface area contributed by atoms with Crippen LogP contribution in [0.15, 0.2) is 42.5 Å². The zero-order valence-corrected chi connectivity index (χ0v) is 10.5. The molecule has 0 amide bonds. The first-order chi connectivity index (χ1) is 9.72. The molecular weight excluding hydrogens is 260 g/mol. The van der Waals surface area contributed by atoms with E-state index in [4.69, 9.17) is 4.74 Å². The largest absolute Gasteiger partial charge is 0.453 e. The van der Waals surface area contributed by atoms with E-state index in [1.54, 1.807) is 23.1 Å². The summed E-state index contributed by atoms with van der Waals surface area (Å²) in [6.07, 6.45) is 0. The highest BCUT2D eigenvalue weighted by atomic mass is 16.6. The maximum atomic E-state index is 11.2. The summed E-state index contributed by atoms with van der Waals surface area (Å²) in [4.78, 5) is 12.5. The lowest BCUT2D eigenvalue weighted by atomic mass is 10.1. The first kappa shape index (κ1) is 12.4. The van der Waals surface area contributed by atoms with Crippen LogP contribution >= 0.6 is 0 Å². The van der Waals surface area contributed by atoms with Gasteiger partial charge in [0.25, 0.3) is 5.69 Å². The SMILES string of the molecule is O=[N+]([O-])c1cccc2c1N(CCO)c1ccccc1O2. The smallest absolute Gasteiger partial charge is 0.296 e. The normalized spacial score (nSPS) is 12.3. The Morgan fingerprint density at radius 2 is 1.90 bits per heavy atom. The molecule has 1 aliphatic heterocycles. The van der Waals surface area contributed by atoms with Gasteiger partial charge in [0.2, 0.25) is 0 Å². The molecule has 0 bridgehead atoms. The Balaban J connectivity index is 2.22. The average Bonchev–Trinajstić information content (AvgIpc) is 2.46. The van der Waals surface area contributed by atoms with Crippen molar-refractivity contribution in [2.24, 2.45) is 0 Å². The first-order valence-corrected chi connectivity index (χ1v) is 6.15. The molecule has 6 heteroatoms. The van der Waals surface area contributed by atoms with Crippen molar-refractivity contribution in [1.82, 2.24) is 0 Å². The summed E-state index contributed by atoms with van der Waals surface area (Å²) in [5.74, 6) is 1.04. The second-order valence-electron chi connectivity index (χ2n) is 4.33. The quantitative estimate of drug-likeness (QED) is 0.686. The van der Waals surface area contributed by atoms with Crippen LogP contribution in [0.3, 0.4) is 0 Å². The summed E-state index contributed by atoms with van der Waals surface area (Å²) in [5, 5.41) is 20.4. The van der Waals surface area contributed by atoms with Gasteiger partial charge >= 0.3 is 0 Å². The molecule has 0 atom stereocenters. The molecule has 3 rings (SSSR count). The molecule has 2 aromatic rings. The Morgan fingerprint density at radius 3 is 2.65 bits per heavy atom. The fourth-order valence-corrected chi connectivity index (χ4v) is 2.35. The molecule has 0 radical (unpaired) electrons. The van der Waals surface area contributed by atoms with Crippen molar-refractivity contribution in [2.75, 3.05) is 18.1 Å². The monoisotopic (exact) mass is 272 g/mol. The molecule has 0 aliphatic carbocycles. The van der Waals surface area contributed by atoms with Crippen LogP contribution < -0.4 is 9.64 Å². The van der Waals surface area contributed by atoms with Crippen LogP contribution in [0.2, 0.25) is 0 Å². The van der Waals surface area contributed by atoms with E-state index in [1.165, 1.54) is 6.07 Å². The van der Waals surface area contributed by atoms with Crippen molar-refractivity contribution in [1.29, 1.82) is 0 Å². The lowest BCUT2D eigenvalue weighted by Gasteiger charge is -2.31. The lowest BCUT2D eigenvalue weighted by Crippen LogP contribution is -2.25. The minimum Gasteiger partial charge on any atom is -0.453 e. The number of para-hydroxylation sites is 3. The molecule has 1 heterocycles. The minimum atomic E-state index is -0.444. The predicted octanol–water partition coefficient (Wildman–Crippen LogP) is 2.83. The maximum absolute atomic E-state index is 11.2. The van der Waals surface area contributed by atoms with Crippen LogP contribution in [0.5, 0.6) is 11.5 Å². The van der Waals surface area contributed by atoms with Gasteiger partial charge in [0.1, 0.15) is 0 Å². The van der Waals surface area contributed by atoms with Crippen molar-refractivity contribution in [3.05, 3.63) is 52.6 Å². The van der Waals surface area contributed by atoms with E-state index in [2.05, 4.69) is 0 Å². The van der Waals surface area contributed by atoms with E-state index in [0.29, 0.717) is 22.9 Å². The number of nitro benzene ring substituents is 1. The van der Waals surface area contributed by atoms with E-state index in [1.807, 2.05) is 18.2 Å². The summed E-state index contributed by atoms with van der Waals surface area (Å²) in [7, 11) is 0. The van der Waals surface area contributed by atoms with Gasteiger partial charge in [-0.05, 0) is 18.2 Å². The number of aliphatic hydroxyl groups is 1. The van der Waals surface area contributed by atoms with Crippen LogP contribution in [0.4, 0.5) is 17.1 Å². The second-order valence-corrected chi connectivity index (χ2v) is 4.33. The van der Waals surface area contributed by atoms with Crippen molar-refractivity contribution >= 4 is 17.1 Å². The van der Waals surface area contributed by atoms with Gasteiger partial charge in [-0.25, -0.2) is 0 Å². The zero-order valence-electron chi connectivity index (χ0n) is 10.5. The molecule has 0 unspecified atom stereocenters. The molecular formula is C14H12N2O4. The first-order valence-electron chi connectivity index (χ1n) is 6.15. The highest BCUT2D eigenvalue weighted by Gasteiger charge is 2.30. The summed E-state index contributed by atoms with van der Waals surface area (Å²) >= 11 is 0. The Labute approximate surface area is 115 Å². The molecule has 102 valence electrons. The third-order valence-electron chi connectivity index (χ3n) is 3.14. The lowest BCUT2D eigenvalue weighted by molar-refractivity contribution is -0.384. The van der Waals surface area contributed by atoms with Crippen LogP contribution in [0.1, 0.15) is 0 Å². The zero-order chi connectivity index (χ0) is 14.1. The molecule has 1 aliphatic rings. The Hall–Kier alpha value is -2.60. The van der Waals surface area contributed by atoms with Gasteiger partial charge in [0.05, 0.1) is 17.2 Å². The molecule has 1 N–H and O–H groups in total. The van der Waals surface area contributed by atoms with Gasteiger partial charge in [0, 0.05) is 12.6 Å². The van der Waals surface area contributed by atoms with Crippen molar-refractivity contribution in [3.8, 4) is 11.5 Å². The third-order valence-corrected chi connectivity index (χ3v) is 3.14. The van der Waals surface area contributed by atoms with Crippen molar-refractivity contribution in [3.63, 3.8) is 0 Å². The summed E-state index contributed by atoms with van der Waals surface area (Å²) in [6, 6.07) is 12.0. The highest BCUT2D eigenvalue weighted by Crippen LogP contribution is 2.50. The van der Waals surface area contributed by atoms with E-state index < -0.39 is 4.92 Å². The fourth-order valence-electron chi connectivity index (χ4n) is 2.35. The van der Waals surface area contributed by atoms with E-state index in [0.717, 1.165) is 0 Å². The number of benzene rings is 2. The van der Waals surface area contributed by atoms with E-state index in [9.17, 15) is 15.2 Å². The fraction of sp³-hybridized carbons (Fsp3) is 0.143. The Bertz CT molecular complexity index is 672. The van der Waals surface area contributed by atoms with Crippen LogP contribution in [-0.2, 0) is 0 Å². The standard InChI is InChI=1S/C14H12N2O4/c17-9-8-15-10-4-1-2-6-12(10)20-13-7-3-5-11(14(13)15)16(18)19/h1-7,17H,8-9H2. The maximum Gasteiger partial charge on any atom is 0.296 e. The van der Waals surface area contributed by atoms with Gasteiger partial charge in [-0.15, -0.1) is 0 Å². The summed E-state index contributed by atoms with van der Waals surface area (Å²) < 4.78 is 5.72. The molecule has 0 spiro atoms. The summed E-state index contributed by atoms with van der Waals surface area (Å²) in [5.41, 5.74) is 1.05. The van der Waals surface area contributed by atoms with Gasteiger partial charge < -0.3 is 14.7 Å².